The number of rotatable bonds is 2. The molecule has 2 heterocycles. The van der Waals surface area contributed by atoms with Gasteiger partial charge >= 0.3 is 0 Å². The second kappa shape index (κ2) is 4.53. The number of aliphatic hydroxyl groups is 1. The number of carbonyl (C=O) groups excluding carboxylic acids is 1. The van der Waals surface area contributed by atoms with E-state index in [-0.39, 0.29) is 17.8 Å². The molecule has 20 heavy (non-hydrogen) atoms. The molecule has 2 fully saturated rings. The minimum Gasteiger partial charge on any atom is -0.392 e. The van der Waals surface area contributed by atoms with Gasteiger partial charge in [-0.1, -0.05) is 12.1 Å². The summed E-state index contributed by atoms with van der Waals surface area (Å²) in [5, 5.41) is 13.6. The Balaban J connectivity index is 1.93. The summed E-state index contributed by atoms with van der Waals surface area (Å²) in [5.74, 6) is -0.356. The summed E-state index contributed by atoms with van der Waals surface area (Å²) < 4.78 is 13.4. The highest BCUT2D eigenvalue weighted by Crippen LogP contribution is 2.43. The number of amides is 1. The number of hydrazine groups is 1. The van der Waals surface area contributed by atoms with Gasteiger partial charge in [-0.3, -0.25) is 9.80 Å². The molecule has 4 nitrogen and oxygen atoms in total. The topological polar surface area (TPSA) is 43.8 Å². The molecule has 2 aliphatic rings. The van der Waals surface area contributed by atoms with Crippen LogP contribution in [0.2, 0.25) is 0 Å². The molecule has 1 N–H and O–H groups in total. The van der Waals surface area contributed by atoms with Gasteiger partial charge in [-0.25, -0.2) is 9.40 Å². The predicted molar refractivity (Wildman–Crippen MR) is 72.0 cm³/mol. The van der Waals surface area contributed by atoms with E-state index in [4.69, 9.17) is 0 Å². The van der Waals surface area contributed by atoms with Gasteiger partial charge in [0, 0.05) is 13.1 Å². The van der Waals surface area contributed by atoms with Gasteiger partial charge in [0.25, 0.3) is 0 Å². The first-order valence-electron chi connectivity index (χ1n) is 6.95. The van der Waals surface area contributed by atoms with E-state index >= 15 is 0 Å². The van der Waals surface area contributed by atoms with Crippen LogP contribution in [0.15, 0.2) is 24.3 Å². The first kappa shape index (κ1) is 13.5. The Hall–Kier alpha value is -1.46. The lowest BCUT2D eigenvalue weighted by Gasteiger charge is -2.28. The lowest BCUT2D eigenvalue weighted by Crippen LogP contribution is -2.41. The molecule has 3 rings (SSSR count). The van der Waals surface area contributed by atoms with E-state index in [9.17, 15) is 14.3 Å². The summed E-state index contributed by atoms with van der Waals surface area (Å²) >= 11 is 0. The number of fused-ring (bicyclic) bond motifs is 1. The Labute approximate surface area is 117 Å². The normalized spacial score (nSPS) is 31.7. The molecule has 2 saturated heterocycles. The van der Waals surface area contributed by atoms with Crippen molar-refractivity contribution in [1.82, 2.24) is 10.0 Å². The molecule has 5 heteroatoms. The Bertz CT molecular complexity index is 548. The average molecular weight is 278 g/mol. The van der Waals surface area contributed by atoms with Crippen LogP contribution in [-0.2, 0) is 4.79 Å². The fraction of sp³-hybridized carbons (Fsp3) is 0.533. The van der Waals surface area contributed by atoms with E-state index < -0.39 is 11.5 Å². The van der Waals surface area contributed by atoms with Crippen molar-refractivity contribution in [1.29, 1.82) is 0 Å². The second-order valence-electron chi connectivity index (χ2n) is 5.99. The number of nitrogens with zero attached hydrogens (tertiary/aromatic N) is 2. The zero-order chi connectivity index (χ0) is 14.5. The van der Waals surface area contributed by atoms with Crippen molar-refractivity contribution in [2.75, 3.05) is 13.1 Å². The Kier molecular flexibility index (Phi) is 3.06. The minimum absolute atomic E-state index is 0.0701. The smallest absolute Gasteiger partial charge is 0.247 e. The molecule has 0 aromatic heterocycles. The first-order chi connectivity index (χ1) is 9.43. The van der Waals surface area contributed by atoms with Crippen LogP contribution in [0, 0.1) is 11.2 Å². The molecule has 2 aliphatic heterocycles. The van der Waals surface area contributed by atoms with Gasteiger partial charge in [-0.15, -0.1) is 0 Å². The van der Waals surface area contributed by atoms with Gasteiger partial charge in [0.2, 0.25) is 5.91 Å². The summed E-state index contributed by atoms with van der Waals surface area (Å²) in [6.07, 6.45) is 0.0965. The molecule has 1 amide bonds. The van der Waals surface area contributed by atoms with Crippen LogP contribution in [0.4, 0.5) is 4.39 Å². The molecule has 0 saturated carbocycles. The van der Waals surface area contributed by atoms with E-state index in [1.165, 1.54) is 12.1 Å². The lowest BCUT2D eigenvalue weighted by molar-refractivity contribution is -0.145. The van der Waals surface area contributed by atoms with Gasteiger partial charge in [0.05, 0.1) is 17.6 Å². The van der Waals surface area contributed by atoms with Crippen molar-refractivity contribution >= 4 is 5.91 Å². The number of benzene rings is 1. The number of aliphatic hydroxyl groups excluding tert-OH is 1. The molecule has 0 bridgehead atoms. The Morgan fingerprint density at radius 1 is 1.50 bits per heavy atom. The third-order valence-electron chi connectivity index (χ3n) is 4.62. The summed E-state index contributed by atoms with van der Waals surface area (Å²) in [4.78, 5) is 12.6. The fourth-order valence-electron chi connectivity index (χ4n) is 3.16. The second-order valence-corrected chi connectivity index (χ2v) is 5.99. The summed E-state index contributed by atoms with van der Waals surface area (Å²) in [6, 6.07) is 6.28. The number of hydrogen-bond acceptors (Lipinski definition) is 3. The van der Waals surface area contributed by atoms with Crippen LogP contribution < -0.4 is 0 Å². The lowest BCUT2D eigenvalue weighted by atomic mass is 9.84. The molecule has 0 radical (unpaired) electrons. The van der Waals surface area contributed by atoms with Crippen LogP contribution in [-0.4, -0.2) is 40.2 Å². The van der Waals surface area contributed by atoms with Crippen molar-refractivity contribution in [3.05, 3.63) is 35.6 Å². The molecule has 3 atom stereocenters. The average Bonchev–Trinajstić information content (AvgIpc) is 2.90. The van der Waals surface area contributed by atoms with Gasteiger partial charge in [0.1, 0.15) is 5.82 Å². The predicted octanol–water partition coefficient (Wildman–Crippen LogP) is 1.72. The fourth-order valence-corrected chi connectivity index (χ4v) is 3.16. The molecular weight excluding hydrogens is 259 g/mol. The minimum atomic E-state index is -0.772. The number of halogens is 1. The van der Waals surface area contributed by atoms with Gasteiger partial charge < -0.3 is 5.11 Å². The molecule has 1 aromatic rings. The van der Waals surface area contributed by atoms with Crippen molar-refractivity contribution < 1.29 is 14.3 Å². The van der Waals surface area contributed by atoms with Gasteiger partial charge in [-0.2, -0.15) is 0 Å². The summed E-state index contributed by atoms with van der Waals surface area (Å²) in [5.41, 5.74) is 0.0436. The van der Waals surface area contributed by atoms with Gasteiger partial charge in [0.15, 0.2) is 0 Å². The molecule has 1 aromatic carbocycles. The summed E-state index contributed by atoms with van der Waals surface area (Å²) in [7, 11) is 0. The molecule has 108 valence electrons. The number of carbonyl (C=O) groups is 1. The monoisotopic (exact) mass is 278 g/mol. The van der Waals surface area contributed by atoms with Crippen molar-refractivity contribution in [2.24, 2.45) is 5.41 Å². The summed E-state index contributed by atoms with van der Waals surface area (Å²) in [6.45, 7) is 4.73. The third kappa shape index (κ3) is 1.84. The molecule has 0 aliphatic carbocycles. The maximum absolute atomic E-state index is 13.4. The Morgan fingerprint density at radius 2 is 2.25 bits per heavy atom. The van der Waals surface area contributed by atoms with Crippen molar-refractivity contribution in [2.45, 2.75) is 32.4 Å². The zero-order valence-corrected chi connectivity index (χ0v) is 11.7. The third-order valence-corrected chi connectivity index (χ3v) is 4.62. The number of hydrogen-bond donors (Lipinski definition) is 1. The molecule has 0 spiro atoms. The highest BCUT2D eigenvalue weighted by molar-refractivity contribution is 5.85. The van der Waals surface area contributed by atoms with Crippen LogP contribution in [0.5, 0.6) is 0 Å². The van der Waals surface area contributed by atoms with Crippen LogP contribution in [0.3, 0.4) is 0 Å². The van der Waals surface area contributed by atoms with Gasteiger partial charge in [-0.05, 0) is 38.0 Å². The van der Waals surface area contributed by atoms with E-state index in [1.807, 2.05) is 11.1 Å². The largest absolute Gasteiger partial charge is 0.392 e. The van der Waals surface area contributed by atoms with E-state index in [0.717, 1.165) is 18.5 Å². The zero-order valence-electron chi connectivity index (χ0n) is 11.7. The maximum atomic E-state index is 13.4. The highest BCUT2D eigenvalue weighted by Gasteiger charge is 2.54. The van der Waals surface area contributed by atoms with E-state index in [1.54, 1.807) is 24.9 Å². The van der Waals surface area contributed by atoms with Crippen LogP contribution in [0.25, 0.3) is 0 Å². The quantitative estimate of drug-likeness (QED) is 0.896. The van der Waals surface area contributed by atoms with Crippen molar-refractivity contribution in [3.63, 3.8) is 0 Å². The van der Waals surface area contributed by atoms with Crippen LogP contribution >= 0.6 is 0 Å². The van der Waals surface area contributed by atoms with E-state index in [0.29, 0.717) is 6.54 Å². The molecular formula is C15H19FN2O2. The highest BCUT2D eigenvalue weighted by atomic mass is 19.1. The maximum Gasteiger partial charge on any atom is 0.247 e. The standard InChI is InChI=1S/C15H19FN2O2/c1-10(19)15(2)9-17-7-6-13(18(17)14(15)20)11-4-3-5-12(16)8-11/h3-5,8,10,13,19H,6-7,9H2,1-2H3. The van der Waals surface area contributed by atoms with E-state index in [2.05, 4.69) is 0 Å². The van der Waals surface area contributed by atoms with Crippen molar-refractivity contribution in [3.8, 4) is 0 Å². The van der Waals surface area contributed by atoms with Crippen LogP contribution in [0.1, 0.15) is 31.9 Å². The first-order valence-corrected chi connectivity index (χ1v) is 6.95. The molecule has 3 unspecified atom stereocenters. The Morgan fingerprint density at radius 3 is 2.90 bits per heavy atom. The SMILES string of the molecule is CC(O)C1(C)CN2CCC(c3cccc(F)c3)N2C1=O.